The average molecular weight is 433 g/mol. The van der Waals surface area contributed by atoms with E-state index in [0.717, 1.165) is 21.3 Å². The maximum absolute atomic E-state index is 12.1. The van der Waals surface area contributed by atoms with Crippen LogP contribution in [0.25, 0.3) is 0 Å². The van der Waals surface area contributed by atoms with Crippen LogP contribution >= 0.6 is 15.9 Å². The highest BCUT2D eigenvalue weighted by Crippen LogP contribution is 2.19. The van der Waals surface area contributed by atoms with E-state index in [1.54, 1.807) is 24.3 Å². The Morgan fingerprint density at radius 2 is 1.70 bits per heavy atom. The Kier molecular flexibility index (Phi) is 7.12. The minimum atomic E-state index is -1.02. The van der Waals surface area contributed by atoms with Crippen LogP contribution in [0.4, 0.5) is 5.69 Å². The first-order valence-corrected chi connectivity index (χ1v) is 9.17. The van der Waals surface area contributed by atoms with Gasteiger partial charge in [0.1, 0.15) is 0 Å². The standard InChI is InChI=1S/C20H21BrN2O4/c1-12-6-4-7-13(2)18(12)23-17(24)11-22-19(25)14(3)27-20(26)15-8-5-9-16(21)10-15/h4-10,14H,11H2,1-3H3,(H,22,25)(H,23,24). The number of carbonyl (C=O) groups is 3. The maximum atomic E-state index is 12.1. The lowest BCUT2D eigenvalue weighted by molar-refractivity contribution is -0.130. The number of aryl methyl sites for hydroxylation is 2. The summed E-state index contributed by atoms with van der Waals surface area (Å²) < 4.78 is 5.87. The Morgan fingerprint density at radius 1 is 1.07 bits per heavy atom. The molecule has 2 N–H and O–H groups in total. The fourth-order valence-corrected chi connectivity index (χ4v) is 2.80. The van der Waals surface area contributed by atoms with Crippen LogP contribution in [0.15, 0.2) is 46.9 Å². The number of amides is 2. The van der Waals surface area contributed by atoms with Crippen molar-refractivity contribution in [1.82, 2.24) is 5.32 Å². The van der Waals surface area contributed by atoms with Gasteiger partial charge < -0.3 is 15.4 Å². The molecular weight excluding hydrogens is 412 g/mol. The van der Waals surface area contributed by atoms with E-state index in [1.165, 1.54) is 6.92 Å². The fraction of sp³-hybridized carbons (Fsp3) is 0.250. The summed E-state index contributed by atoms with van der Waals surface area (Å²) in [4.78, 5) is 36.2. The highest BCUT2D eigenvalue weighted by Gasteiger charge is 2.19. The van der Waals surface area contributed by atoms with Crippen molar-refractivity contribution in [3.63, 3.8) is 0 Å². The van der Waals surface area contributed by atoms with Gasteiger partial charge in [-0.1, -0.05) is 40.2 Å². The van der Waals surface area contributed by atoms with Crippen LogP contribution in [0, 0.1) is 13.8 Å². The van der Waals surface area contributed by atoms with Crippen LogP contribution in [-0.4, -0.2) is 30.4 Å². The summed E-state index contributed by atoms with van der Waals surface area (Å²) in [6.07, 6.45) is -1.02. The number of ether oxygens (including phenoxy) is 1. The second-order valence-corrected chi connectivity index (χ2v) is 7.01. The monoisotopic (exact) mass is 432 g/mol. The zero-order valence-electron chi connectivity index (χ0n) is 15.3. The van der Waals surface area contributed by atoms with E-state index in [2.05, 4.69) is 26.6 Å². The number of hydrogen-bond donors (Lipinski definition) is 2. The van der Waals surface area contributed by atoms with E-state index >= 15 is 0 Å². The van der Waals surface area contributed by atoms with Crippen LogP contribution in [0.1, 0.15) is 28.4 Å². The Hall–Kier alpha value is -2.67. The van der Waals surface area contributed by atoms with E-state index in [0.29, 0.717) is 5.56 Å². The van der Waals surface area contributed by atoms with Crippen LogP contribution in [0.5, 0.6) is 0 Å². The molecule has 2 amide bonds. The quantitative estimate of drug-likeness (QED) is 0.685. The maximum Gasteiger partial charge on any atom is 0.338 e. The van der Waals surface area contributed by atoms with Gasteiger partial charge >= 0.3 is 5.97 Å². The molecule has 0 fully saturated rings. The van der Waals surface area contributed by atoms with E-state index in [-0.39, 0.29) is 12.5 Å². The molecule has 0 radical (unpaired) electrons. The van der Waals surface area contributed by atoms with Gasteiger partial charge in [-0.15, -0.1) is 0 Å². The Labute approximate surface area is 166 Å². The molecule has 27 heavy (non-hydrogen) atoms. The lowest BCUT2D eigenvalue weighted by Gasteiger charge is -2.15. The largest absolute Gasteiger partial charge is 0.449 e. The predicted octanol–water partition coefficient (Wildman–Crippen LogP) is 3.37. The third kappa shape index (κ3) is 5.92. The molecule has 0 aliphatic rings. The average Bonchev–Trinajstić information content (AvgIpc) is 2.62. The van der Waals surface area contributed by atoms with E-state index in [9.17, 15) is 14.4 Å². The SMILES string of the molecule is Cc1cccc(C)c1NC(=O)CNC(=O)C(C)OC(=O)c1cccc(Br)c1. The van der Waals surface area contributed by atoms with Crippen molar-refractivity contribution in [2.75, 3.05) is 11.9 Å². The first-order chi connectivity index (χ1) is 12.8. The van der Waals surface area contributed by atoms with E-state index < -0.39 is 18.0 Å². The van der Waals surface area contributed by atoms with E-state index in [4.69, 9.17) is 4.74 Å². The van der Waals surface area contributed by atoms with Crippen molar-refractivity contribution in [3.8, 4) is 0 Å². The third-order valence-corrected chi connectivity index (χ3v) is 4.38. The molecule has 0 saturated carbocycles. The highest BCUT2D eigenvalue weighted by atomic mass is 79.9. The van der Waals surface area contributed by atoms with E-state index in [1.807, 2.05) is 32.0 Å². The third-order valence-electron chi connectivity index (χ3n) is 3.88. The van der Waals surface area contributed by atoms with Gasteiger partial charge in [0.15, 0.2) is 6.10 Å². The van der Waals surface area contributed by atoms with Gasteiger partial charge in [-0.3, -0.25) is 9.59 Å². The molecule has 2 aromatic rings. The predicted molar refractivity (Wildman–Crippen MR) is 107 cm³/mol. The number of rotatable bonds is 6. The summed E-state index contributed by atoms with van der Waals surface area (Å²) in [7, 11) is 0. The van der Waals surface area contributed by atoms with Crippen molar-refractivity contribution < 1.29 is 19.1 Å². The molecule has 2 rings (SSSR count). The summed E-state index contributed by atoms with van der Waals surface area (Å²) in [5, 5.41) is 5.25. The molecule has 0 heterocycles. The van der Waals surface area contributed by atoms with Crippen LogP contribution in [0.3, 0.4) is 0 Å². The summed E-state index contributed by atoms with van der Waals surface area (Å²) in [6, 6.07) is 12.4. The molecule has 7 heteroatoms. The highest BCUT2D eigenvalue weighted by molar-refractivity contribution is 9.10. The molecule has 0 bridgehead atoms. The number of esters is 1. The normalized spacial score (nSPS) is 11.4. The van der Waals surface area contributed by atoms with Crippen molar-refractivity contribution in [2.45, 2.75) is 26.9 Å². The Balaban J connectivity index is 1.85. The van der Waals surface area contributed by atoms with Gasteiger partial charge in [0.25, 0.3) is 5.91 Å². The van der Waals surface area contributed by atoms with Gasteiger partial charge in [-0.2, -0.15) is 0 Å². The zero-order chi connectivity index (χ0) is 20.0. The summed E-state index contributed by atoms with van der Waals surface area (Å²) in [5.41, 5.74) is 2.93. The zero-order valence-corrected chi connectivity index (χ0v) is 16.9. The lowest BCUT2D eigenvalue weighted by atomic mass is 10.1. The molecule has 6 nitrogen and oxygen atoms in total. The lowest BCUT2D eigenvalue weighted by Crippen LogP contribution is -2.40. The fourth-order valence-electron chi connectivity index (χ4n) is 2.40. The molecule has 0 saturated heterocycles. The topological polar surface area (TPSA) is 84.5 Å². The number of nitrogens with one attached hydrogen (secondary N) is 2. The molecule has 1 atom stereocenters. The van der Waals surface area contributed by atoms with Gasteiger partial charge in [-0.25, -0.2) is 4.79 Å². The van der Waals surface area contributed by atoms with Crippen molar-refractivity contribution in [2.24, 2.45) is 0 Å². The molecule has 142 valence electrons. The second kappa shape index (κ2) is 9.32. The molecule has 2 aromatic carbocycles. The minimum absolute atomic E-state index is 0.217. The summed E-state index contributed by atoms with van der Waals surface area (Å²) in [6.45, 7) is 5.02. The van der Waals surface area contributed by atoms with Crippen LogP contribution < -0.4 is 10.6 Å². The molecule has 1 unspecified atom stereocenters. The number of hydrogen-bond acceptors (Lipinski definition) is 4. The Bertz CT molecular complexity index is 847. The summed E-state index contributed by atoms with van der Waals surface area (Å²) in [5.74, 6) is -1.51. The van der Waals surface area contributed by atoms with Crippen molar-refractivity contribution >= 4 is 39.4 Å². The van der Waals surface area contributed by atoms with Gasteiger partial charge in [-0.05, 0) is 50.1 Å². The van der Waals surface area contributed by atoms with Crippen LogP contribution in [0.2, 0.25) is 0 Å². The number of benzene rings is 2. The van der Waals surface area contributed by atoms with Gasteiger partial charge in [0.2, 0.25) is 5.91 Å². The molecular formula is C20H21BrN2O4. The number of halogens is 1. The molecule has 0 aliphatic heterocycles. The summed E-state index contributed by atoms with van der Waals surface area (Å²) >= 11 is 3.27. The van der Waals surface area contributed by atoms with Crippen molar-refractivity contribution in [3.05, 3.63) is 63.6 Å². The molecule has 0 spiro atoms. The molecule has 0 aromatic heterocycles. The number of carbonyl (C=O) groups excluding carboxylic acids is 3. The number of para-hydroxylation sites is 1. The van der Waals surface area contributed by atoms with Crippen molar-refractivity contribution in [1.29, 1.82) is 0 Å². The van der Waals surface area contributed by atoms with Crippen LogP contribution in [-0.2, 0) is 14.3 Å². The van der Waals surface area contributed by atoms with Gasteiger partial charge in [0.05, 0.1) is 12.1 Å². The number of anilines is 1. The molecule has 0 aliphatic carbocycles. The first-order valence-electron chi connectivity index (χ1n) is 8.38. The first kappa shape index (κ1) is 20.6. The second-order valence-electron chi connectivity index (χ2n) is 6.09. The van der Waals surface area contributed by atoms with Gasteiger partial charge in [0, 0.05) is 10.2 Å². The minimum Gasteiger partial charge on any atom is -0.449 e. The smallest absolute Gasteiger partial charge is 0.338 e. The Morgan fingerprint density at radius 3 is 2.33 bits per heavy atom.